The summed E-state index contributed by atoms with van der Waals surface area (Å²) in [6.07, 6.45) is -0.782. The third-order valence-corrected chi connectivity index (χ3v) is 7.04. The highest BCUT2D eigenvalue weighted by Crippen LogP contribution is 2.42. The lowest BCUT2D eigenvalue weighted by Gasteiger charge is -2.43. The van der Waals surface area contributed by atoms with E-state index in [1.54, 1.807) is 0 Å². The quantitative estimate of drug-likeness (QED) is 0.431. The van der Waals surface area contributed by atoms with Crippen LogP contribution in [-0.2, 0) is 20.9 Å². The molecule has 1 heterocycles. The zero-order chi connectivity index (χ0) is 25.7. The number of ether oxygens (including phenoxy) is 2. The van der Waals surface area contributed by atoms with E-state index < -0.39 is 6.29 Å². The van der Waals surface area contributed by atoms with Crippen LogP contribution in [0.25, 0.3) is 0 Å². The number of likely N-dealkylation sites (N-methyl/N-ethyl adjacent to an activating group) is 1. The van der Waals surface area contributed by atoms with E-state index >= 15 is 0 Å². The number of nitrogens with zero attached hydrogens (tertiary/aromatic N) is 1. The Bertz CT molecular complexity index is 1120. The molecular formula is C30H36N2O4. The summed E-state index contributed by atoms with van der Waals surface area (Å²) >= 11 is 0. The Morgan fingerprint density at radius 3 is 2.22 bits per heavy atom. The number of nitrogens with one attached hydrogen (secondary N) is 1. The van der Waals surface area contributed by atoms with Crippen molar-refractivity contribution in [1.82, 2.24) is 4.90 Å². The number of hydrogen-bond donors (Lipinski definition) is 2. The Morgan fingerprint density at radius 1 is 0.972 bits per heavy atom. The van der Waals surface area contributed by atoms with Crippen molar-refractivity contribution in [2.24, 2.45) is 5.92 Å². The Balaban J connectivity index is 1.58. The number of carbonyl (C=O) groups is 1. The highest BCUT2D eigenvalue weighted by molar-refractivity contribution is 5.88. The molecule has 4 rings (SSSR count). The summed E-state index contributed by atoms with van der Waals surface area (Å²) in [4.78, 5) is 13.7. The van der Waals surface area contributed by atoms with Crippen molar-refractivity contribution >= 4 is 11.6 Å². The first-order valence-electron chi connectivity index (χ1n) is 12.5. The van der Waals surface area contributed by atoms with Gasteiger partial charge in [0.2, 0.25) is 5.91 Å². The van der Waals surface area contributed by atoms with Gasteiger partial charge in [0, 0.05) is 36.7 Å². The Hall–Kier alpha value is -3.03. The number of amides is 1. The minimum absolute atomic E-state index is 0.0124. The van der Waals surface area contributed by atoms with Crippen LogP contribution in [0.5, 0.6) is 0 Å². The summed E-state index contributed by atoms with van der Waals surface area (Å²) in [6, 6.07) is 26.3. The molecule has 5 unspecified atom stereocenters. The molecule has 1 fully saturated rings. The third kappa shape index (κ3) is 6.20. The molecule has 0 aliphatic carbocycles. The molecule has 6 nitrogen and oxygen atoms in total. The monoisotopic (exact) mass is 488 g/mol. The number of benzene rings is 3. The lowest BCUT2D eigenvalue weighted by molar-refractivity contribution is -0.276. The van der Waals surface area contributed by atoms with Gasteiger partial charge >= 0.3 is 0 Å². The summed E-state index contributed by atoms with van der Waals surface area (Å²) in [5.74, 6) is -0.00549. The van der Waals surface area contributed by atoms with E-state index in [1.807, 2.05) is 54.6 Å². The molecule has 0 bridgehead atoms. The van der Waals surface area contributed by atoms with Gasteiger partial charge in [-0.15, -0.1) is 0 Å². The van der Waals surface area contributed by atoms with Crippen LogP contribution in [0, 0.1) is 5.92 Å². The molecule has 1 aliphatic rings. The minimum Gasteiger partial charge on any atom is -0.392 e. The zero-order valence-electron chi connectivity index (χ0n) is 21.4. The molecule has 190 valence electrons. The normalized spacial score (nSPS) is 22.8. The maximum Gasteiger partial charge on any atom is 0.221 e. The number of aliphatic hydroxyl groups excluding tert-OH is 1. The topological polar surface area (TPSA) is 71.0 Å². The van der Waals surface area contributed by atoms with Crippen LogP contribution in [0.4, 0.5) is 5.69 Å². The van der Waals surface area contributed by atoms with E-state index in [0.717, 1.165) is 28.9 Å². The second-order valence-electron chi connectivity index (χ2n) is 9.65. The van der Waals surface area contributed by atoms with Gasteiger partial charge in [-0.25, -0.2) is 0 Å². The first-order valence-corrected chi connectivity index (χ1v) is 12.5. The number of hydrogen-bond acceptors (Lipinski definition) is 5. The van der Waals surface area contributed by atoms with Gasteiger partial charge in [-0.2, -0.15) is 0 Å². The molecule has 0 aromatic heterocycles. The predicted molar refractivity (Wildman–Crippen MR) is 141 cm³/mol. The van der Waals surface area contributed by atoms with E-state index in [2.05, 4.69) is 55.4 Å². The van der Waals surface area contributed by atoms with Crippen molar-refractivity contribution in [1.29, 1.82) is 0 Å². The van der Waals surface area contributed by atoms with Crippen LogP contribution in [0.1, 0.15) is 61.5 Å². The number of rotatable bonds is 8. The van der Waals surface area contributed by atoms with Gasteiger partial charge in [0.1, 0.15) is 0 Å². The molecule has 2 N–H and O–H groups in total. The van der Waals surface area contributed by atoms with Gasteiger partial charge < -0.3 is 19.9 Å². The Kier molecular flexibility index (Phi) is 8.54. The fraction of sp³-hybridized carbons (Fsp3) is 0.367. The largest absolute Gasteiger partial charge is 0.392 e. The molecular weight excluding hydrogens is 452 g/mol. The Labute approximate surface area is 213 Å². The first kappa shape index (κ1) is 26.0. The fourth-order valence-electron chi connectivity index (χ4n) is 4.68. The van der Waals surface area contributed by atoms with E-state index in [1.165, 1.54) is 12.5 Å². The van der Waals surface area contributed by atoms with Crippen molar-refractivity contribution in [3.63, 3.8) is 0 Å². The lowest BCUT2D eigenvalue weighted by atomic mass is 9.89. The summed E-state index contributed by atoms with van der Waals surface area (Å²) in [7, 11) is 2.13. The van der Waals surface area contributed by atoms with E-state index in [4.69, 9.17) is 9.47 Å². The smallest absolute Gasteiger partial charge is 0.221 e. The molecule has 1 saturated heterocycles. The Morgan fingerprint density at radius 2 is 1.61 bits per heavy atom. The van der Waals surface area contributed by atoms with E-state index in [9.17, 15) is 9.90 Å². The summed E-state index contributed by atoms with van der Waals surface area (Å²) in [6.45, 7) is 6.63. The summed E-state index contributed by atoms with van der Waals surface area (Å²) < 4.78 is 13.1. The molecule has 0 radical (unpaired) electrons. The third-order valence-electron chi connectivity index (χ3n) is 7.04. The summed E-state index contributed by atoms with van der Waals surface area (Å²) in [5, 5.41) is 12.3. The van der Waals surface area contributed by atoms with Crippen molar-refractivity contribution < 1.29 is 19.4 Å². The molecule has 3 aromatic rings. The van der Waals surface area contributed by atoms with Gasteiger partial charge in [0.25, 0.3) is 0 Å². The van der Waals surface area contributed by atoms with Crippen molar-refractivity contribution in [2.45, 2.75) is 51.9 Å². The van der Waals surface area contributed by atoms with Gasteiger partial charge in [-0.3, -0.25) is 9.69 Å². The van der Waals surface area contributed by atoms with Gasteiger partial charge in [0.05, 0.1) is 18.8 Å². The van der Waals surface area contributed by atoms with Crippen LogP contribution in [0.3, 0.4) is 0 Å². The highest BCUT2D eigenvalue weighted by Gasteiger charge is 2.39. The maximum absolute atomic E-state index is 11.4. The first-order chi connectivity index (χ1) is 17.4. The van der Waals surface area contributed by atoms with Crippen LogP contribution in [0.15, 0.2) is 78.9 Å². The van der Waals surface area contributed by atoms with E-state index in [-0.39, 0.29) is 36.7 Å². The van der Waals surface area contributed by atoms with Crippen LogP contribution >= 0.6 is 0 Å². The summed E-state index contributed by atoms with van der Waals surface area (Å²) in [5.41, 5.74) is 4.83. The van der Waals surface area contributed by atoms with Crippen LogP contribution in [-0.4, -0.2) is 35.6 Å². The molecule has 1 aliphatic heterocycles. The highest BCUT2D eigenvalue weighted by atomic mass is 16.7. The number of carbonyl (C=O) groups excluding carboxylic acids is 1. The second kappa shape index (κ2) is 11.8. The van der Waals surface area contributed by atoms with Gasteiger partial charge in [-0.05, 0) is 42.8 Å². The number of anilines is 1. The van der Waals surface area contributed by atoms with E-state index in [0.29, 0.717) is 0 Å². The van der Waals surface area contributed by atoms with Crippen molar-refractivity contribution in [2.75, 3.05) is 18.9 Å². The van der Waals surface area contributed by atoms with Crippen molar-refractivity contribution in [3.8, 4) is 0 Å². The molecule has 0 spiro atoms. The lowest BCUT2D eigenvalue weighted by Crippen LogP contribution is -2.44. The molecule has 1 amide bonds. The van der Waals surface area contributed by atoms with Crippen LogP contribution < -0.4 is 5.32 Å². The van der Waals surface area contributed by atoms with Gasteiger partial charge in [-0.1, -0.05) is 73.7 Å². The molecule has 36 heavy (non-hydrogen) atoms. The predicted octanol–water partition coefficient (Wildman–Crippen LogP) is 5.62. The minimum atomic E-state index is -0.541. The molecule has 3 aromatic carbocycles. The average Bonchev–Trinajstić information content (AvgIpc) is 2.90. The standard InChI is InChI=1S/C30H36N2O4/c1-20-28(18-32(4)21(2)24-8-6-5-7-9-24)35-30(26-14-16-27(17-15-26)31-22(3)34)36-29(20)25-12-10-23(19-33)11-13-25/h5-17,20-21,28-30,33H,18-19H2,1-4H3,(H,31,34). The van der Waals surface area contributed by atoms with Crippen LogP contribution in [0.2, 0.25) is 0 Å². The van der Waals surface area contributed by atoms with Crippen molar-refractivity contribution in [3.05, 3.63) is 101 Å². The molecule has 6 heteroatoms. The second-order valence-corrected chi connectivity index (χ2v) is 9.65. The maximum atomic E-state index is 11.4. The average molecular weight is 489 g/mol. The number of aliphatic hydroxyl groups is 1. The molecule has 5 atom stereocenters. The molecule has 0 saturated carbocycles. The fourth-order valence-corrected chi connectivity index (χ4v) is 4.68. The SMILES string of the molecule is CC(=O)Nc1ccc(C2OC(CN(C)C(C)c3ccccc3)C(C)C(c3ccc(CO)cc3)O2)cc1. The van der Waals surface area contributed by atoms with Gasteiger partial charge in [0.15, 0.2) is 6.29 Å². The zero-order valence-corrected chi connectivity index (χ0v) is 21.4.